The average Bonchev–Trinajstić information content (AvgIpc) is 2.16. The number of carboxylic acid groups (broad SMARTS) is 1. The van der Waals surface area contributed by atoms with Crippen molar-refractivity contribution < 1.29 is 9.90 Å². The number of aliphatic carboxylic acids is 1. The van der Waals surface area contributed by atoms with Crippen molar-refractivity contribution in [3.63, 3.8) is 0 Å². The van der Waals surface area contributed by atoms with Crippen molar-refractivity contribution >= 4 is 17.7 Å². The molecule has 0 radical (unpaired) electrons. The third kappa shape index (κ3) is 3.01. The molecular formula is C9H12N2O2S. The Bertz CT molecular complexity index is 314. The molecule has 0 aromatic carbocycles. The number of hydrogen-bond acceptors (Lipinski definition) is 4. The maximum Gasteiger partial charge on any atom is 0.324 e. The SMILES string of the molecule is CC(N)(CSc1ccccn1)C(=O)O. The zero-order chi connectivity index (χ0) is 10.6. The van der Waals surface area contributed by atoms with Crippen molar-refractivity contribution in [2.24, 2.45) is 5.73 Å². The van der Waals surface area contributed by atoms with Crippen LogP contribution in [0, 0.1) is 0 Å². The fraction of sp³-hybridized carbons (Fsp3) is 0.333. The molecule has 0 aliphatic carbocycles. The summed E-state index contributed by atoms with van der Waals surface area (Å²) in [5, 5.41) is 9.54. The number of pyridine rings is 1. The van der Waals surface area contributed by atoms with Gasteiger partial charge >= 0.3 is 5.97 Å². The van der Waals surface area contributed by atoms with Crippen molar-refractivity contribution in [2.75, 3.05) is 5.75 Å². The molecule has 1 aromatic heterocycles. The summed E-state index contributed by atoms with van der Waals surface area (Å²) in [5.74, 6) is -0.694. The van der Waals surface area contributed by atoms with Gasteiger partial charge in [-0.15, -0.1) is 11.8 Å². The standard InChI is InChI=1S/C9H12N2O2S/c1-9(10,8(12)13)6-14-7-4-2-3-5-11-7/h2-5H,6,10H2,1H3,(H,12,13). The minimum atomic E-state index is -1.21. The van der Waals surface area contributed by atoms with E-state index in [1.807, 2.05) is 18.2 Å². The molecule has 0 saturated heterocycles. The lowest BCUT2D eigenvalue weighted by Gasteiger charge is -2.17. The first-order valence-electron chi connectivity index (χ1n) is 4.08. The third-order valence-electron chi connectivity index (χ3n) is 1.65. The predicted molar refractivity (Wildman–Crippen MR) is 55.2 cm³/mol. The number of rotatable bonds is 4. The van der Waals surface area contributed by atoms with Gasteiger partial charge in [0.15, 0.2) is 0 Å². The monoisotopic (exact) mass is 212 g/mol. The predicted octanol–water partition coefficient (Wildman–Crippen LogP) is 0.976. The largest absolute Gasteiger partial charge is 0.480 e. The van der Waals surface area contributed by atoms with Crippen molar-refractivity contribution in [1.82, 2.24) is 4.98 Å². The highest BCUT2D eigenvalue weighted by Crippen LogP contribution is 2.18. The summed E-state index contributed by atoms with van der Waals surface area (Å²) in [4.78, 5) is 14.7. The van der Waals surface area contributed by atoms with Crippen LogP contribution in [0.2, 0.25) is 0 Å². The van der Waals surface area contributed by atoms with E-state index < -0.39 is 11.5 Å². The van der Waals surface area contributed by atoms with Gasteiger partial charge in [-0.05, 0) is 19.1 Å². The third-order valence-corrected chi connectivity index (χ3v) is 2.93. The molecule has 1 unspecified atom stereocenters. The molecule has 0 aliphatic rings. The Morgan fingerprint density at radius 2 is 2.43 bits per heavy atom. The van der Waals surface area contributed by atoms with Crippen LogP contribution >= 0.6 is 11.8 Å². The zero-order valence-corrected chi connectivity index (χ0v) is 8.62. The lowest BCUT2D eigenvalue weighted by atomic mass is 10.1. The van der Waals surface area contributed by atoms with Gasteiger partial charge in [-0.3, -0.25) is 4.79 Å². The molecule has 1 rings (SSSR count). The second kappa shape index (κ2) is 4.43. The van der Waals surface area contributed by atoms with Crippen molar-refractivity contribution in [3.8, 4) is 0 Å². The maximum atomic E-state index is 10.7. The van der Waals surface area contributed by atoms with Crippen LogP contribution in [-0.2, 0) is 4.79 Å². The number of carbonyl (C=O) groups is 1. The van der Waals surface area contributed by atoms with Crippen molar-refractivity contribution in [2.45, 2.75) is 17.5 Å². The van der Waals surface area contributed by atoms with Crippen LogP contribution in [0.15, 0.2) is 29.4 Å². The Balaban J connectivity index is 2.53. The summed E-state index contributed by atoms with van der Waals surface area (Å²) in [6.45, 7) is 1.49. The van der Waals surface area contributed by atoms with Gasteiger partial charge in [0.1, 0.15) is 5.54 Å². The van der Waals surface area contributed by atoms with E-state index in [0.717, 1.165) is 5.03 Å². The summed E-state index contributed by atoms with van der Waals surface area (Å²) in [6, 6.07) is 5.48. The highest BCUT2D eigenvalue weighted by Gasteiger charge is 2.27. The minimum absolute atomic E-state index is 0.305. The molecule has 14 heavy (non-hydrogen) atoms. The summed E-state index contributed by atoms with van der Waals surface area (Å²) >= 11 is 1.34. The van der Waals surface area contributed by atoms with E-state index in [1.165, 1.54) is 18.7 Å². The number of hydrogen-bond donors (Lipinski definition) is 2. The zero-order valence-electron chi connectivity index (χ0n) is 7.80. The first-order valence-corrected chi connectivity index (χ1v) is 5.07. The fourth-order valence-corrected chi connectivity index (χ4v) is 1.60. The van der Waals surface area contributed by atoms with E-state index in [0.29, 0.717) is 5.75 Å². The quantitative estimate of drug-likeness (QED) is 0.727. The van der Waals surface area contributed by atoms with E-state index in [2.05, 4.69) is 4.98 Å². The lowest BCUT2D eigenvalue weighted by molar-refractivity contribution is -0.141. The number of nitrogens with zero attached hydrogens (tertiary/aromatic N) is 1. The summed E-state index contributed by atoms with van der Waals surface area (Å²) < 4.78 is 0. The first kappa shape index (κ1) is 11.0. The molecule has 1 aromatic rings. The molecule has 0 saturated carbocycles. The van der Waals surface area contributed by atoms with E-state index in [1.54, 1.807) is 6.20 Å². The van der Waals surface area contributed by atoms with Gasteiger partial charge in [0.25, 0.3) is 0 Å². The number of aromatic nitrogens is 1. The molecule has 0 bridgehead atoms. The van der Waals surface area contributed by atoms with Gasteiger partial charge in [-0.2, -0.15) is 0 Å². The van der Waals surface area contributed by atoms with Gasteiger partial charge < -0.3 is 10.8 Å². The molecule has 1 heterocycles. The molecule has 1 atom stereocenters. The Labute approximate surface area is 86.5 Å². The molecule has 4 nitrogen and oxygen atoms in total. The number of nitrogens with two attached hydrogens (primary N) is 1. The minimum Gasteiger partial charge on any atom is -0.480 e. The van der Waals surface area contributed by atoms with Gasteiger partial charge in [-0.1, -0.05) is 6.07 Å². The number of thioether (sulfide) groups is 1. The summed E-state index contributed by atoms with van der Waals surface area (Å²) in [6.07, 6.45) is 1.66. The van der Waals surface area contributed by atoms with Crippen LogP contribution in [0.3, 0.4) is 0 Å². The van der Waals surface area contributed by atoms with Crippen LogP contribution in [-0.4, -0.2) is 27.4 Å². The smallest absolute Gasteiger partial charge is 0.324 e. The average molecular weight is 212 g/mol. The van der Waals surface area contributed by atoms with Crippen LogP contribution in [0.5, 0.6) is 0 Å². The van der Waals surface area contributed by atoms with Gasteiger partial charge in [-0.25, -0.2) is 4.98 Å². The Morgan fingerprint density at radius 1 is 1.71 bits per heavy atom. The molecule has 5 heteroatoms. The van der Waals surface area contributed by atoms with Crippen LogP contribution in [0.1, 0.15) is 6.92 Å². The molecular weight excluding hydrogens is 200 g/mol. The molecule has 0 fully saturated rings. The highest BCUT2D eigenvalue weighted by molar-refractivity contribution is 7.99. The molecule has 3 N–H and O–H groups in total. The van der Waals surface area contributed by atoms with Crippen LogP contribution in [0.4, 0.5) is 0 Å². The van der Waals surface area contributed by atoms with E-state index >= 15 is 0 Å². The van der Waals surface area contributed by atoms with E-state index in [9.17, 15) is 4.79 Å². The second-order valence-electron chi connectivity index (χ2n) is 3.18. The Kier molecular flexibility index (Phi) is 3.49. The van der Waals surface area contributed by atoms with Crippen molar-refractivity contribution in [3.05, 3.63) is 24.4 Å². The van der Waals surface area contributed by atoms with Crippen molar-refractivity contribution in [1.29, 1.82) is 0 Å². The molecule has 0 aliphatic heterocycles. The fourth-order valence-electron chi connectivity index (χ4n) is 0.718. The highest BCUT2D eigenvalue weighted by atomic mass is 32.2. The van der Waals surface area contributed by atoms with Gasteiger partial charge in [0, 0.05) is 11.9 Å². The van der Waals surface area contributed by atoms with E-state index in [4.69, 9.17) is 10.8 Å². The summed E-state index contributed by atoms with van der Waals surface area (Å²) in [7, 11) is 0. The van der Waals surface area contributed by atoms with Crippen LogP contribution in [0.25, 0.3) is 0 Å². The first-order chi connectivity index (χ1) is 6.52. The Hall–Kier alpha value is -1.07. The Morgan fingerprint density at radius 3 is 2.93 bits per heavy atom. The number of carboxylic acids is 1. The normalized spacial score (nSPS) is 14.7. The molecule has 0 amide bonds. The van der Waals surface area contributed by atoms with Crippen LogP contribution < -0.4 is 5.73 Å². The van der Waals surface area contributed by atoms with Gasteiger partial charge in [0.2, 0.25) is 0 Å². The molecule has 76 valence electrons. The van der Waals surface area contributed by atoms with E-state index in [-0.39, 0.29) is 0 Å². The van der Waals surface area contributed by atoms with Gasteiger partial charge in [0.05, 0.1) is 5.03 Å². The maximum absolute atomic E-state index is 10.7. The second-order valence-corrected chi connectivity index (χ2v) is 4.17. The lowest BCUT2D eigenvalue weighted by Crippen LogP contribution is -2.47. The molecule has 0 spiro atoms. The topological polar surface area (TPSA) is 76.2 Å². The summed E-state index contributed by atoms with van der Waals surface area (Å²) in [5.41, 5.74) is 4.35.